The maximum atomic E-state index is 5.87. The molecular weight excluding hydrogens is 387 g/mol. The zero-order valence-electron chi connectivity index (χ0n) is 13.3. The van der Waals surface area contributed by atoms with E-state index in [0.29, 0.717) is 5.96 Å². The highest BCUT2D eigenvalue weighted by molar-refractivity contribution is 14.0. The molecule has 3 N–H and O–H groups in total. The van der Waals surface area contributed by atoms with E-state index < -0.39 is 0 Å². The molecule has 124 valence electrons. The van der Waals surface area contributed by atoms with E-state index in [9.17, 15) is 0 Å². The summed E-state index contributed by atoms with van der Waals surface area (Å²) in [6.45, 7) is 4.66. The molecule has 0 aromatic heterocycles. The van der Waals surface area contributed by atoms with Crippen molar-refractivity contribution in [2.45, 2.75) is 38.5 Å². The molecule has 0 aliphatic carbocycles. The summed E-state index contributed by atoms with van der Waals surface area (Å²) in [5.41, 5.74) is 6.86. The van der Waals surface area contributed by atoms with Gasteiger partial charge in [-0.15, -0.1) is 24.0 Å². The van der Waals surface area contributed by atoms with Gasteiger partial charge < -0.3 is 16.0 Å². The average molecular weight is 416 g/mol. The van der Waals surface area contributed by atoms with Crippen molar-refractivity contribution in [3.8, 4) is 0 Å². The fraction of sp³-hybridized carbons (Fsp3) is 0.588. The van der Waals surface area contributed by atoms with Crippen molar-refractivity contribution in [2.24, 2.45) is 10.7 Å². The predicted octanol–water partition coefficient (Wildman–Crippen LogP) is 3.69. The Bertz CT molecular complexity index is 416. The highest BCUT2D eigenvalue weighted by Gasteiger charge is 2.08. The molecule has 1 aliphatic rings. The Morgan fingerprint density at radius 1 is 1.05 bits per heavy atom. The lowest BCUT2D eigenvalue weighted by Crippen LogP contribution is -2.30. The maximum Gasteiger partial charge on any atom is 0.193 e. The van der Waals surface area contributed by atoms with E-state index in [1.165, 1.54) is 51.7 Å². The molecule has 5 heteroatoms. The molecule has 1 aliphatic heterocycles. The van der Waals surface area contributed by atoms with Crippen LogP contribution < -0.4 is 11.1 Å². The van der Waals surface area contributed by atoms with Crippen molar-refractivity contribution in [3.05, 3.63) is 30.3 Å². The van der Waals surface area contributed by atoms with Gasteiger partial charge in [0, 0.05) is 12.2 Å². The quantitative estimate of drug-likeness (QED) is 0.309. The minimum Gasteiger partial charge on any atom is -0.370 e. The Labute approximate surface area is 151 Å². The van der Waals surface area contributed by atoms with Crippen LogP contribution in [0.3, 0.4) is 0 Å². The molecule has 0 atom stereocenters. The molecule has 0 unspecified atom stereocenters. The van der Waals surface area contributed by atoms with Gasteiger partial charge in [0.25, 0.3) is 0 Å². The zero-order valence-corrected chi connectivity index (χ0v) is 15.7. The largest absolute Gasteiger partial charge is 0.370 e. The predicted molar refractivity (Wildman–Crippen MR) is 106 cm³/mol. The number of aliphatic imine (C=N–C) groups is 1. The second-order valence-corrected chi connectivity index (χ2v) is 5.72. The van der Waals surface area contributed by atoms with Crippen LogP contribution in [0.2, 0.25) is 0 Å². The molecule has 0 amide bonds. The Balaban J connectivity index is 0.00000242. The first-order valence-electron chi connectivity index (χ1n) is 8.19. The summed E-state index contributed by atoms with van der Waals surface area (Å²) in [4.78, 5) is 6.97. The van der Waals surface area contributed by atoms with Crippen molar-refractivity contribution in [1.82, 2.24) is 4.90 Å². The summed E-state index contributed by atoms with van der Waals surface area (Å²) in [7, 11) is 0. The van der Waals surface area contributed by atoms with Gasteiger partial charge in [-0.05, 0) is 57.5 Å². The first-order chi connectivity index (χ1) is 10.3. The number of benzene rings is 1. The standard InChI is InChI=1S/C17H28N4.HI/c18-17(20-16-10-4-1-5-11-16)19-12-6-2-7-13-21-14-8-3-9-15-21;/h1,4-5,10-11H,2-3,6-9,12-15H2,(H3,18,19,20);1H. The SMILES string of the molecule is I.NC(=NCCCCCN1CCCCC1)Nc1ccccc1. The third-order valence-corrected chi connectivity index (χ3v) is 3.91. The summed E-state index contributed by atoms with van der Waals surface area (Å²) in [5.74, 6) is 0.511. The number of hydrogen-bond donors (Lipinski definition) is 2. The lowest BCUT2D eigenvalue weighted by atomic mass is 10.1. The molecule has 0 radical (unpaired) electrons. The minimum absolute atomic E-state index is 0. The minimum atomic E-state index is 0. The summed E-state index contributed by atoms with van der Waals surface area (Å²) < 4.78 is 0. The molecule has 1 heterocycles. The molecule has 0 spiro atoms. The summed E-state index contributed by atoms with van der Waals surface area (Å²) >= 11 is 0. The van der Waals surface area contributed by atoms with Crippen molar-refractivity contribution in [1.29, 1.82) is 0 Å². The molecule has 2 rings (SSSR count). The number of para-hydroxylation sites is 1. The Hall–Kier alpha value is -0.820. The number of nitrogens with two attached hydrogens (primary N) is 1. The molecule has 4 nitrogen and oxygen atoms in total. The van der Waals surface area contributed by atoms with Gasteiger partial charge in [-0.2, -0.15) is 0 Å². The van der Waals surface area contributed by atoms with Gasteiger partial charge in [0.1, 0.15) is 0 Å². The summed E-state index contributed by atoms with van der Waals surface area (Å²) in [5, 5.41) is 3.10. The van der Waals surface area contributed by atoms with Crippen LogP contribution in [0.25, 0.3) is 0 Å². The summed E-state index contributed by atoms with van der Waals surface area (Å²) in [6, 6.07) is 9.93. The van der Waals surface area contributed by atoms with E-state index in [-0.39, 0.29) is 24.0 Å². The zero-order chi connectivity index (χ0) is 14.8. The van der Waals surface area contributed by atoms with Crippen LogP contribution in [0.5, 0.6) is 0 Å². The van der Waals surface area contributed by atoms with E-state index in [1.807, 2.05) is 30.3 Å². The second kappa shape index (κ2) is 11.7. The third kappa shape index (κ3) is 7.98. The van der Waals surface area contributed by atoms with E-state index in [2.05, 4.69) is 15.2 Å². The van der Waals surface area contributed by atoms with Crippen molar-refractivity contribution in [3.63, 3.8) is 0 Å². The Morgan fingerprint density at radius 3 is 2.50 bits per heavy atom. The van der Waals surface area contributed by atoms with Gasteiger partial charge in [-0.1, -0.05) is 31.0 Å². The monoisotopic (exact) mass is 416 g/mol. The van der Waals surface area contributed by atoms with Gasteiger partial charge in [0.05, 0.1) is 0 Å². The van der Waals surface area contributed by atoms with Crippen LogP contribution in [0.15, 0.2) is 35.3 Å². The molecule has 1 saturated heterocycles. The molecule has 1 aromatic rings. The van der Waals surface area contributed by atoms with E-state index in [1.54, 1.807) is 0 Å². The van der Waals surface area contributed by atoms with Crippen LogP contribution in [-0.2, 0) is 0 Å². The normalized spacial score (nSPS) is 16.1. The topological polar surface area (TPSA) is 53.6 Å². The van der Waals surface area contributed by atoms with Crippen LogP contribution in [-0.4, -0.2) is 37.0 Å². The smallest absolute Gasteiger partial charge is 0.193 e. The van der Waals surface area contributed by atoms with Crippen molar-refractivity contribution < 1.29 is 0 Å². The van der Waals surface area contributed by atoms with E-state index in [4.69, 9.17) is 5.73 Å². The maximum absolute atomic E-state index is 5.87. The molecule has 0 saturated carbocycles. The Morgan fingerprint density at radius 2 is 1.77 bits per heavy atom. The number of hydrogen-bond acceptors (Lipinski definition) is 2. The van der Waals surface area contributed by atoms with Gasteiger partial charge >= 0.3 is 0 Å². The number of piperidine rings is 1. The first kappa shape index (κ1) is 19.2. The fourth-order valence-corrected chi connectivity index (χ4v) is 2.72. The number of likely N-dealkylation sites (tertiary alicyclic amines) is 1. The molecule has 0 bridgehead atoms. The van der Waals surface area contributed by atoms with Crippen LogP contribution >= 0.6 is 24.0 Å². The molecule has 1 fully saturated rings. The number of nitrogens with one attached hydrogen (secondary N) is 1. The highest BCUT2D eigenvalue weighted by Crippen LogP contribution is 2.10. The fourth-order valence-electron chi connectivity index (χ4n) is 2.72. The van der Waals surface area contributed by atoms with E-state index in [0.717, 1.165) is 18.7 Å². The molecule has 1 aromatic carbocycles. The summed E-state index contributed by atoms with van der Waals surface area (Å²) in [6.07, 6.45) is 7.81. The number of anilines is 1. The van der Waals surface area contributed by atoms with Gasteiger partial charge in [-0.3, -0.25) is 4.99 Å². The lowest BCUT2D eigenvalue weighted by molar-refractivity contribution is 0.224. The van der Waals surface area contributed by atoms with Gasteiger partial charge in [0.15, 0.2) is 5.96 Å². The highest BCUT2D eigenvalue weighted by atomic mass is 127. The van der Waals surface area contributed by atoms with Crippen molar-refractivity contribution >= 4 is 35.6 Å². The molecular formula is C17H29IN4. The number of unbranched alkanes of at least 4 members (excludes halogenated alkanes) is 2. The molecule has 22 heavy (non-hydrogen) atoms. The number of halogens is 1. The lowest BCUT2D eigenvalue weighted by Gasteiger charge is -2.26. The van der Waals surface area contributed by atoms with Crippen LogP contribution in [0, 0.1) is 0 Å². The van der Waals surface area contributed by atoms with Crippen LogP contribution in [0.4, 0.5) is 5.69 Å². The number of rotatable bonds is 7. The van der Waals surface area contributed by atoms with E-state index >= 15 is 0 Å². The van der Waals surface area contributed by atoms with Crippen LogP contribution in [0.1, 0.15) is 38.5 Å². The second-order valence-electron chi connectivity index (χ2n) is 5.72. The Kier molecular flexibility index (Phi) is 10.2. The van der Waals surface area contributed by atoms with Crippen molar-refractivity contribution in [2.75, 3.05) is 31.5 Å². The first-order valence-corrected chi connectivity index (χ1v) is 8.19. The average Bonchev–Trinajstić information content (AvgIpc) is 2.53. The third-order valence-electron chi connectivity index (χ3n) is 3.91. The number of nitrogens with zero attached hydrogens (tertiary/aromatic N) is 2. The number of guanidine groups is 1. The van der Waals surface area contributed by atoms with Gasteiger partial charge in [0.2, 0.25) is 0 Å². The van der Waals surface area contributed by atoms with Gasteiger partial charge in [-0.25, -0.2) is 0 Å².